The highest BCUT2D eigenvalue weighted by Crippen LogP contribution is 2.17. The molecule has 3 aromatic rings. The number of nitrogens with zero attached hydrogens (tertiary/aromatic N) is 2. The van der Waals surface area contributed by atoms with Gasteiger partial charge in [-0.1, -0.05) is 35.0 Å². The van der Waals surface area contributed by atoms with E-state index in [-0.39, 0.29) is 18.1 Å². The molecule has 0 fully saturated rings. The summed E-state index contributed by atoms with van der Waals surface area (Å²) >= 11 is 0. The molecule has 0 atom stereocenters. The number of aromatic nitrogens is 2. The molecule has 0 unspecified atom stereocenters. The molecule has 3 rings (SSSR count). The second kappa shape index (κ2) is 6.57. The molecule has 0 spiro atoms. The smallest absolute Gasteiger partial charge is 0.341 e. The van der Waals surface area contributed by atoms with Gasteiger partial charge in [-0.2, -0.15) is 4.98 Å². The molecule has 0 aliphatic heterocycles. The second-order valence-electron chi connectivity index (χ2n) is 5.08. The van der Waals surface area contributed by atoms with Gasteiger partial charge in [0.05, 0.1) is 5.56 Å². The fraction of sp³-hybridized carbons (Fsp3) is 0.118. The van der Waals surface area contributed by atoms with Gasteiger partial charge in [0.1, 0.15) is 11.6 Å². The fourth-order valence-electron chi connectivity index (χ4n) is 1.99. The van der Waals surface area contributed by atoms with E-state index in [0.29, 0.717) is 11.9 Å². The number of ether oxygens (including phenoxy) is 1. The van der Waals surface area contributed by atoms with Crippen molar-refractivity contribution in [3.63, 3.8) is 0 Å². The number of hydrogen-bond donors (Lipinski definition) is 0. The normalized spacial score (nSPS) is 10.6. The van der Waals surface area contributed by atoms with E-state index in [0.717, 1.165) is 23.3 Å². The summed E-state index contributed by atoms with van der Waals surface area (Å²) in [4.78, 5) is 15.9. The lowest BCUT2D eigenvalue weighted by atomic mass is 10.1. The van der Waals surface area contributed by atoms with Crippen LogP contribution in [0.5, 0.6) is 0 Å². The van der Waals surface area contributed by atoms with Crippen molar-refractivity contribution in [1.82, 2.24) is 10.1 Å². The number of benzene rings is 2. The van der Waals surface area contributed by atoms with Crippen LogP contribution in [-0.4, -0.2) is 16.1 Å². The second-order valence-corrected chi connectivity index (χ2v) is 5.08. The van der Waals surface area contributed by atoms with Gasteiger partial charge in [-0.25, -0.2) is 13.6 Å². The topological polar surface area (TPSA) is 65.2 Å². The number of hydrogen-bond acceptors (Lipinski definition) is 5. The summed E-state index contributed by atoms with van der Waals surface area (Å²) in [5, 5.41) is 3.79. The zero-order chi connectivity index (χ0) is 17.1. The van der Waals surface area contributed by atoms with E-state index in [1.807, 2.05) is 31.2 Å². The third-order valence-corrected chi connectivity index (χ3v) is 3.26. The average molecular weight is 330 g/mol. The van der Waals surface area contributed by atoms with E-state index in [2.05, 4.69) is 10.1 Å². The quantitative estimate of drug-likeness (QED) is 0.683. The Balaban J connectivity index is 1.67. The number of aryl methyl sites for hydroxylation is 1. The van der Waals surface area contributed by atoms with Crippen LogP contribution in [0.1, 0.15) is 21.8 Å². The van der Waals surface area contributed by atoms with Gasteiger partial charge in [-0.15, -0.1) is 0 Å². The molecule has 2 aromatic carbocycles. The molecular formula is C17H12F2N2O3. The fourth-order valence-corrected chi connectivity index (χ4v) is 1.99. The van der Waals surface area contributed by atoms with Crippen LogP contribution in [0.4, 0.5) is 8.78 Å². The maximum absolute atomic E-state index is 13.5. The summed E-state index contributed by atoms with van der Waals surface area (Å²) in [5.74, 6) is -2.28. The summed E-state index contributed by atoms with van der Waals surface area (Å²) < 4.78 is 36.2. The molecule has 0 bridgehead atoms. The van der Waals surface area contributed by atoms with Crippen molar-refractivity contribution in [2.75, 3.05) is 0 Å². The van der Waals surface area contributed by atoms with Crippen molar-refractivity contribution in [3.05, 3.63) is 71.1 Å². The van der Waals surface area contributed by atoms with Crippen LogP contribution in [-0.2, 0) is 11.3 Å². The Labute approximate surface area is 135 Å². The minimum atomic E-state index is -0.995. The summed E-state index contributed by atoms with van der Waals surface area (Å²) in [6.45, 7) is 1.65. The predicted octanol–water partition coefficient (Wildman–Crippen LogP) is 3.68. The van der Waals surface area contributed by atoms with Gasteiger partial charge in [0.25, 0.3) is 5.89 Å². The first-order valence-corrected chi connectivity index (χ1v) is 7.05. The zero-order valence-electron chi connectivity index (χ0n) is 12.6. The van der Waals surface area contributed by atoms with Crippen LogP contribution < -0.4 is 0 Å². The molecule has 122 valence electrons. The molecule has 5 nitrogen and oxygen atoms in total. The maximum Gasteiger partial charge on any atom is 0.341 e. The lowest BCUT2D eigenvalue weighted by molar-refractivity contribution is 0.0424. The largest absolute Gasteiger partial charge is 0.452 e. The van der Waals surface area contributed by atoms with E-state index in [1.165, 1.54) is 0 Å². The molecule has 24 heavy (non-hydrogen) atoms. The lowest BCUT2D eigenvalue weighted by Gasteiger charge is -2.03. The van der Waals surface area contributed by atoms with Gasteiger partial charge in [0, 0.05) is 11.6 Å². The van der Waals surface area contributed by atoms with Gasteiger partial charge in [-0.3, -0.25) is 0 Å². The summed E-state index contributed by atoms with van der Waals surface area (Å²) in [7, 11) is 0. The van der Waals surface area contributed by atoms with Crippen LogP contribution in [0.25, 0.3) is 11.4 Å². The number of halogens is 2. The molecule has 0 aliphatic rings. The van der Waals surface area contributed by atoms with Crippen molar-refractivity contribution in [1.29, 1.82) is 0 Å². The lowest BCUT2D eigenvalue weighted by Crippen LogP contribution is -2.08. The molecule has 0 saturated heterocycles. The van der Waals surface area contributed by atoms with Crippen LogP contribution >= 0.6 is 0 Å². The Hall–Kier alpha value is -3.09. The Morgan fingerprint density at radius 1 is 1.17 bits per heavy atom. The average Bonchev–Trinajstić information content (AvgIpc) is 3.02. The highest BCUT2D eigenvalue weighted by molar-refractivity contribution is 5.89. The number of esters is 1. The van der Waals surface area contributed by atoms with Crippen LogP contribution in [0.2, 0.25) is 0 Å². The first-order valence-electron chi connectivity index (χ1n) is 7.05. The third kappa shape index (κ3) is 3.45. The maximum atomic E-state index is 13.5. The number of carbonyl (C=O) groups excluding carboxylic acids is 1. The van der Waals surface area contributed by atoms with E-state index in [4.69, 9.17) is 9.26 Å². The standard InChI is InChI=1S/C17H12F2N2O3/c1-10-2-4-11(5-3-10)16-20-15(24-21-16)9-23-17(22)13-7-6-12(18)8-14(13)19/h2-8H,9H2,1H3. The zero-order valence-corrected chi connectivity index (χ0v) is 12.6. The van der Waals surface area contributed by atoms with Gasteiger partial charge in [-0.05, 0) is 19.1 Å². The molecule has 0 amide bonds. The minimum Gasteiger partial charge on any atom is -0.452 e. The number of rotatable bonds is 4. The van der Waals surface area contributed by atoms with Crippen molar-refractivity contribution in [2.45, 2.75) is 13.5 Å². The minimum absolute atomic E-state index is 0.0708. The van der Waals surface area contributed by atoms with Gasteiger partial charge < -0.3 is 9.26 Å². The van der Waals surface area contributed by atoms with Crippen molar-refractivity contribution < 1.29 is 22.8 Å². The summed E-state index contributed by atoms with van der Waals surface area (Å²) in [6.07, 6.45) is 0. The molecule has 1 heterocycles. The molecule has 0 aliphatic carbocycles. The van der Waals surface area contributed by atoms with E-state index in [9.17, 15) is 13.6 Å². The first-order chi connectivity index (χ1) is 11.5. The molecule has 7 heteroatoms. The third-order valence-electron chi connectivity index (χ3n) is 3.26. The van der Waals surface area contributed by atoms with E-state index in [1.54, 1.807) is 0 Å². The van der Waals surface area contributed by atoms with Gasteiger partial charge >= 0.3 is 5.97 Å². The Kier molecular flexibility index (Phi) is 4.33. The molecule has 1 aromatic heterocycles. The van der Waals surface area contributed by atoms with E-state index >= 15 is 0 Å². The van der Waals surface area contributed by atoms with Crippen molar-refractivity contribution in [3.8, 4) is 11.4 Å². The Morgan fingerprint density at radius 3 is 2.62 bits per heavy atom. The first kappa shape index (κ1) is 15.8. The van der Waals surface area contributed by atoms with E-state index < -0.39 is 17.6 Å². The molecule has 0 N–H and O–H groups in total. The predicted molar refractivity (Wildman–Crippen MR) is 79.9 cm³/mol. The highest BCUT2D eigenvalue weighted by atomic mass is 19.1. The van der Waals surface area contributed by atoms with Crippen molar-refractivity contribution in [2.24, 2.45) is 0 Å². The summed E-state index contributed by atoms with van der Waals surface area (Å²) in [5.41, 5.74) is 1.49. The molecule has 0 radical (unpaired) electrons. The number of carbonyl (C=O) groups is 1. The van der Waals surface area contributed by atoms with Gasteiger partial charge in [0.2, 0.25) is 5.82 Å². The van der Waals surface area contributed by atoms with Crippen molar-refractivity contribution >= 4 is 5.97 Å². The molecule has 0 saturated carbocycles. The van der Waals surface area contributed by atoms with Crippen LogP contribution in [0.3, 0.4) is 0 Å². The molecular weight excluding hydrogens is 318 g/mol. The Morgan fingerprint density at radius 2 is 1.92 bits per heavy atom. The highest BCUT2D eigenvalue weighted by Gasteiger charge is 2.16. The van der Waals surface area contributed by atoms with Crippen LogP contribution in [0.15, 0.2) is 47.0 Å². The summed E-state index contributed by atoms with van der Waals surface area (Å²) in [6, 6.07) is 10.1. The SMILES string of the molecule is Cc1ccc(-c2noc(COC(=O)c3ccc(F)cc3F)n2)cc1. The van der Waals surface area contributed by atoms with Gasteiger partial charge in [0.15, 0.2) is 6.61 Å². The Bertz CT molecular complexity index is 876. The monoisotopic (exact) mass is 330 g/mol. The van der Waals surface area contributed by atoms with Crippen LogP contribution in [0, 0.1) is 18.6 Å².